The van der Waals surface area contributed by atoms with Crippen LogP contribution >= 0.6 is 0 Å². The van der Waals surface area contributed by atoms with Crippen molar-refractivity contribution in [3.05, 3.63) is 46.7 Å². The SMILES string of the molecule is C[C@H]1[C@H](N2C(=O)[C@@](NC(=O)c3cccc(C(F)(F)F)c3)(C(F)(F)F)C3=C2CC(C)(C)CC3=O)CCC[C@@H]1C. The number of amides is 2. The summed E-state index contributed by atoms with van der Waals surface area (Å²) in [6, 6.07) is 2.30. The zero-order chi connectivity index (χ0) is 28.4. The van der Waals surface area contributed by atoms with Gasteiger partial charge in [-0.2, -0.15) is 26.3 Å². The zero-order valence-electron chi connectivity index (χ0n) is 21.5. The topological polar surface area (TPSA) is 66.5 Å². The van der Waals surface area contributed by atoms with E-state index in [0.717, 1.165) is 23.5 Å². The maximum atomic E-state index is 15.0. The molecule has 38 heavy (non-hydrogen) atoms. The molecule has 4 rings (SSSR count). The number of alkyl halides is 6. The van der Waals surface area contributed by atoms with Crippen LogP contribution in [0.1, 0.15) is 75.7 Å². The van der Waals surface area contributed by atoms with Crippen molar-refractivity contribution in [1.29, 1.82) is 0 Å². The van der Waals surface area contributed by atoms with Gasteiger partial charge < -0.3 is 10.2 Å². The molecule has 0 saturated heterocycles. The Morgan fingerprint density at radius 2 is 1.68 bits per heavy atom. The number of hydrogen-bond acceptors (Lipinski definition) is 3. The molecule has 208 valence electrons. The number of rotatable bonds is 3. The van der Waals surface area contributed by atoms with Gasteiger partial charge in [-0.15, -0.1) is 0 Å². The summed E-state index contributed by atoms with van der Waals surface area (Å²) in [5, 5.41) is 1.73. The molecule has 0 bridgehead atoms. The Morgan fingerprint density at radius 1 is 1.03 bits per heavy atom. The zero-order valence-corrected chi connectivity index (χ0v) is 21.5. The molecule has 1 aliphatic heterocycles. The molecule has 2 aliphatic carbocycles. The highest BCUT2D eigenvalue weighted by molar-refractivity contribution is 6.14. The molecule has 4 atom stereocenters. The van der Waals surface area contributed by atoms with E-state index in [1.54, 1.807) is 19.2 Å². The smallest absolute Gasteiger partial charge is 0.326 e. The van der Waals surface area contributed by atoms with E-state index in [4.69, 9.17) is 0 Å². The van der Waals surface area contributed by atoms with Crippen LogP contribution < -0.4 is 5.32 Å². The fraction of sp³-hybridized carbons (Fsp3) is 0.593. The Labute approximate surface area is 216 Å². The van der Waals surface area contributed by atoms with E-state index in [1.807, 2.05) is 13.8 Å². The number of hydrogen-bond donors (Lipinski definition) is 1. The van der Waals surface area contributed by atoms with Gasteiger partial charge >= 0.3 is 12.4 Å². The molecule has 11 heteroatoms. The number of halogens is 6. The summed E-state index contributed by atoms with van der Waals surface area (Å²) < 4.78 is 84.7. The first-order chi connectivity index (χ1) is 17.4. The molecule has 0 aromatic heterocycles. The predicted octanol–water partition coefficient (Wildman–Crippen LogP) is 6.05. The number of benzene rings is 1. The summed E-state index contributed by atoms with van der Waals surface area (Å²) in [6.07, 6.45) is -8.60. The Kier molecular flexibility index (Phi) is 6.76. The third-order valence-corrected chi connectivity index (χ3v) is 8.23. The lowest BCUT2D eigenvalue weighted by Gasteiger charge is -2.43. The van der Waals surface area contributed by atoms with Gasteiger partial charge in [-0.1, -0.05) is 46.6 Å². The molecule has 3 aliphatic rings. The highest BCUT2D eigenvalue weighted by atomic mass is 19.4. The second kappa shape index (κ2) is 9.12. The van der Waals surface area contributed by atoms with E-state index in [1.165, 1.54) is 0 Å². The Morgan fingerprint density at radius 3 is 2.29 bits per heavy atom. The highest BCUT2D eigenvalue weighted by Gasteiger charge is 2.72. The number of carbonyl (C=O) groups excluding carboxylic acids is 3. The lowest BCUT2D eigenvalue weighted by atomic mass is 9.72. The molecule has 2 amide bonds. The molecule has 1 saturated carbocycles. The van der Waals surface area contributed by atoms with Gasteiger partial charge in [0.2, 0.25) is 5.54 Å². The van der Waals surface area contributed by atoms with Gasteiger partial charge in [0, 0.05) is 23.7 Å². The van der Waals surface area contributed by atoms with Crippen molar-refractivity contribution in [2.24, 2.45) is 17.3 Å². The van der Waals surface area contributed by atoms with Crippen molar-refractivity contribution in [1.82, 2.24) is 10.2 Å². The van der Waals surface area contributed by atoms with Gasteiger partial charge in [-0.25, -0.2) is 0 Å². The van der Waals surface area contributed by atoms with Crippen LogP contribution in [0.4, 0.5) is 26.3 Å². The fourth-order valence-corrected chi connectivity index (χ4v) is 6.13. The average Bonchev–Trinajstić information content (AvgIpc) is 3.02. The lowest BCUT2D eigenvalue weighted by Crippen LogP contribution is -2.67. The second-order valence-electron chi connectivity index (χ2n) is 11.6. The summed E-state index contributed by atoms with van der Waals surface area (Å²) in [5.41, 5.74) is -7.23. The third-order valence-electron chi connectivity index (χ3n) is 8.23. The monoisotopic (exact) mass is 544 g/mol. The molecule has 5 nitrogen and oxygen atoms in total. The molecular formula is C27H30F6N2O3. The van der Waals surface area contributed by atoms with Crippen LogP contribution in [0.2, 0.25) is 0 Å². The van der Waals surface area contributed by atoms with Gasteiger partial charge in [0.1, 0.15) is 0 Å². The molecule has 0 spiro atoms. The Balaban J connectivity index is 1.88. The van der Waals surface area contributed by atoms with Gasteiger partial charge in [0.05, 0.1) is 11.1 Å². The van der Waals surface area contributed by atoms with Crippen molar-refractivity contribution >= 4 is 17.6 Å². The third kappa shape index (κ3) is 4.51. The number of carbonyl (C=O) groups is 3. The number of nitrogens with zero attached hydrogens (tertiary/aromatic N) is 1. The standard InChI is InChI=1S/C27H30F6N2O3/c1-14-7-5-10-18(15(14)2)35-19-12-24(3,4)13-20(36)21(19)25(23(35)38,27(31,32)33)34-22(37)16-8-6-9-17(11-16)26(28,29)30/h6,8-9,11,14-15,18H,5,7,10,12-13H2,1-4H3,(H,34,37)/t14-,15+,18+,25+/m0/s1. The minimum atomic E-state index is -5.43. The normalized spacial score (nSPS) is 29.9. The van der Waals surface area contributed by atoms with Crippen molar-refractivity contribution in [2.45, 2.75) is 83.7 Å². The van der Waals surface area contributed by atoms with E-state index in [0.29, 0.717) is 25.0 Å². The van der Waals surface area contributed by atoms with E-state index >= 15 is 13.2 Å². The van der Waals surface area contributed by atoms with Crippen molar-refractivity contribution < 1.29 is 40.7 Å². The van der Waals surface area contributed by atoms with Crippen molar-refractivity contribution in [3.63, 3.8) is 0 Å². The molecule has 0 unspecified atom stereocenters. The van der Waals surface area contributed by atoms with E-state index in [9.17, 15) is 27.6 Å². The van der Waals surface area contributed by atoms with Crippen LogP contribution in [-0.2, 0) is 15.8 Å². The van der Waals surface area contributed by atoms with Crippen LogP contribution in [0.3, 0.4) is 0 Å². The van der Waals surface area contributed by atoms with Gasteiger partial charge in [-0.3, -0.25) is 14.4 Å². The number of nitrogens with one attached hydrogen (secondary N) is 1. The number of ketones is 1. The van der Waals surface area contributed by atoms with Crippen molar-refractivity contribution in [2.75, 3.05) is 0 Å². The summed E-state index contributed by atoms with van der Waals surface area (Å²) >= 11 is 0. The summed E-state index contributed by atoms with van der Waals surface area (Å²) in [6.45, 7) is 7.25. The Bertz CT molecular complexity index is 1200. The lowest BCUT2D eigenvalue weighted by molar-refractivity contribution is -0.192. The van der Waals surface area contributed by atoms with E-state index in [-0.39, 0.29) is 30.4 Å². The van der Waals surface area contributed by atoms with Crippen LogP contribution in [0.15, 0.2) is 35.5 Å². The van der Waals surface area contributed by atoms with Crippen molar-refractivity contribution in [3.8, 4) is 0 Å². The highest BCUT2D eigenvalue weighted by Crippen LogP contribution is 2.54. The summed E-state index contributed by atoms with van der Waals surface area (Å²) in [5.74, 6) is -3.99. The van der Waals surface area contributed by atoms with Crippen LogP contribution in [-0.4, -0.2) is 40.3 Å². The summed E-state index contributed by atoms with van der Waals surface area (Å²) in [4.78, 5) is 41.5. The molecule has 1 fully saturated rings. The van der Waals surface area contributed by atoms with E-state index < -0.39 is 63.6 Å². The van der Waals surface area contributed by atoms with Gasteiger partial charge in [-0.05, 0) is 48.3 Å². The van der Waals surface area contributed by atoms with Gasteiger partial charge in [0.15, 0.2) is 5.78 Å². The number of allylic oxidation sites excluding steroid dienone is 1. The average molecular weight is 545 g/mol. The maximum Gasteiger partial charge on any atom is 0.425 e. The first-order valence-electron chi connectivity index (χ1n) is 12.6. The quantitative estimate of drug-likeness (QED) is 0.472. The second-order valence-corrected chi connectivity index (χ2v) is 11.6. The largest absolute Gasteiger partial charge is 0.425 e. The van der Waals surface area contributed by atoms with E-state index in [2.05, 4.69) is 0 Å². The first kappa shape index (κ1) is 28.2. The maximum absolute atomic E-state index is 15.0. The van der Waals surface area contributed by atoms with Gasteiger partial charge in [0.25, 0.3) is 11.8 Å². The minimum Gasteiger partial charge on any atom is -0.326 e. The minimum absolute atomic E-state index is 0.00860. The molecular weight excluding hydrogens is 514 g/mol. The fourth-order valence-electron chi connectivity index (χ4n) is 6.13. The van der Waals surface area contributed by atoms with Crippen LogP contribution in [0.5, 0.6) is 0 Å². The molecule has 1 aromatic carbocycles. The summed E-state index contributed by atoms with van der Waals surface area (Å²) in [7, 11) is 0. The Hall–Kier alpha value is -2.85. The van der Waals surface area contributed by atoms with Crippen LogP contribution in [0.25, 0.3) is 0 Å². The molecule has 1 aromatic rings. The predicted molar refractivity (Wildman–Crippen MR) is 126 cm³/mol. The number of Topliss-reactive ketones (excluding diaryl/α,β-unsaturated/α-hetero) is 1. The van der Waals surface area contributed by atoms with Crippen LogP contribution in [0, 0.1) is 17.3 Å². The first-order valence-corrected chi connectivity index (χ1v) is 12.6. The molecule has 1 N–H and O–H groups in total. The molecule has 1 heterocycles. The molecule has 0 radical (unpaired) electrons.